The van der Waals surface area contributed by atoms with Crippen molar-refractivity contribution in [2.45, 2.75) is 25.4 Å². The first-order chi connectivity index (χ1) is 11.4. The van der Waals surface area contributed by atoms with Gasteiger partial charge in [-0.1, -0.05) is 0 Å². The largest absolute Gasteiger partial charge is 0.490 e. The van der Waals surface area contributed by atoms with E-state index in [-0.39, 0.29) is 13.0 Å². The number of ether oxygens (including phenoxy) is 2. The molecule has 1 fully saturated rings. The summed E-state index contributed by atoms with van der Waals surface area (Å²) in [5, 5.41) is 2.64. The number of hydrogen-bond donors (Lipinski definition) is 1. The summed E-state index contributed by atoms with van der Waals surface area (Å²) < 4.78 is 49.6. The number of urea groups is 1. The van der Waals surface area contributed by atoms with Gasteiger partial charge in [0.1, 0.15) is 0 Å². The van der Waals surface area contributed by atoms with Gasteiger partial charge < -0.3 is 19.7 Å². The van der Waals surface area contributed by atoms with Crippen molar-refractivity contribution >= 4 is 11.7 Å². The highest BCUT2D eigenvalue weighted by Gasteiger charge is 2.42. The molecule has 1 aromatic rings. The molecule has 0 bridgehead atoms. The zero-order valence-corrected chi connectivity index (χ0v) is 13.1. The lowest BCUT2D eigenvalue weighted by Gasteiger charge is -2.33. The maximum atomic E-state index is 12.8. The van der Waals surface area contributed by atoms with Gasteiger partial charge in [-0.05, 0) is 25.0 Å². The van der Waals surface area contributed by atoms with E-state index in [1.54, 1.807) is 18.2 Å². The summed E-state index contributed by atoms with van der Waals surface area (Å²) in [6.07, 6.45) is -3.09. The minimum atomic E-state index is -4.27. The van der Waals surface area contributed by atoms with Crippen LogP contribution < -0.4 is 14.8 Å². The fraction of sp³-hybridized carbons (Fsp3) is 0.562. The molecule has 0 aliphatic carbocycles. The van der Waals surface area contributed by atoms with Crippen LogP contribution in [0.1, 0.15) is 19.3 Å². The van der Waals surface area contributed by atoms with Gasteiger partial charge in [0, 0.05) is 31.3 Å². The quantitative estimate of drug-likeness (QED) is 0.846. The number of rotatable bonds is 1. The molecule has 1 aromatic carbocycles. The fourth-order valence-electron chi connectivity index (χ4n) is 2.87. The fourth-order valence-corrected chi connectivity index (χ4v) is 2.87. The first-order valence-electron chi connectivity index (χ1n) is 7.96. The van der Waals surface area contributed by atoms with Crippen LogP contribution >= 0.6 is 0 Å². The highest BCUT2D eigenvalue weighted by molar-refractivity contribution is 5.89. The number of carbonyl (C=O) groups excluding carboxylic acids is 1. The minimum absolute atomic E-state index is 0.0668. The third-order valence-corrected chi connectivity index (χ3v) is 4.17. The van der Waals surface area contributed by atoms with Gasteiger partial charge in [-0.2, -0.15) is 13.2 Å². The van der Waals surface area contributed by atoms with Crippen molar-refractivity contribution in [1.82, 2.24) is 4.90 Å². The second-order valence-electron chi connectivity index (χ2n) is 5.97. The highest BCUT2D eigenvalue weighted by atomic mass is 19.4. The molecule has 0 radical (unpaired) electrons. The van der Waals surface area contributed by atoms with Gasteiger partial charge in [-0.3, -0.25) is 0 Å². The molecule has 0 unspecified atom stereocenters. The van der Waals surface area contributed by atoms with Crippen molar-refractivity contribution in [2.24, 2.45) is 5.92 Å². The smallest absolute Gasteiger partial charge is 0.393 e. The van der Waals surface area contributed by atoms with Crippen LogP contribution in [0, 0.1) is 5.92 Å². The SMILES string of the molecule is O=C(Nc1ccc2c(c1)OCCCO2)N1CCC[C@H](C(F)(F)F)C1. The highest BCUT2D eigenvalue weighted by Crippen LogP contribution is 2.34. The van der Waals surface area contributed by atoms with E-state index in [1.807, 2.05) is 0 Å². The van der Waals surface area contributed by atoms with Crippen molar-refractivity contribution in [3.05, 3.63) is 18.2 Å². The number of benzene rings is 1. The molecule has 2 heterocycles. The number of alkyl halides is 3. The van der Waals surface area contributed by atoms with Crippen LogP contribution in [0.15, 0.2) is 18.2 Å². The molecule has 132 valence electrons. The van der Waals surface area contributed by atoms with E-state index in [2.05, 4.69) is 5.32 Å². The topological polar surface area (TPSA) is 50.8 Å². The number of hydrogen-bond acceptors (Lipinski definition) is 3. The molecule has 2 aliphatic rings. The van der Waals surface area contributed by atoms with E-state index in [4.69, 9.17) is 9.47 Å². The number of nitrogens with zero attached hydrogens (tertiary/aromatic N) is 1. The number of likely N-dealkylation sites (tertiary alicyclic amines) is 1. The Kier molecular flexibility index (Phi) is 4.73. The zero-order valence-electron chi connectivity index (χ0n) is 13.1. The Labute approximate surface area is 137 Å². The van der Waals surface area contributed by atoms with Crippen molar-refractivity contribution in [3.63, 3.8) is 0 Å². The van der Waals surface area contributed by atoms with Crippen LogP contribution in [0.25, 0.3) is 0 Å². The zero-order chi connectivity index (χ0) is 17.2. The Morgan fingerprint density at radius 1 is 1.17 bits per heavy atom. The Hall–Kier alpha value is -2.12. The van der Waals surface area contributed by atoms with E-state index in [0.29, 0.717) is 43.4 Å². The summed E-state index contributed by atoms with van der Waals surface area (Å²) >= 11 is 0. The van der Waals surface area contributed by atoms with E-state index in [0.717, 1.165) is 6.42 Å². The molecule has 2 amide bonds. The first kappa shape index (κ1) is 16.7. The molecule has 0 spiro atoms. The first-order valence-corrected chi connectivity index (χ1v) is 7.96. The molecule has 8 heteroatoms. The van der Waals surface area contributed by atoms with Crippen LogP contribution in [0.4, 0.5) is 23.7 Å². The van der Waals surface area contributed by atoms with Crippen molar-refractivity contribution in [3.8, 4) is 11.5 Å². The normalized spacial score (nSPS) is 21.1. The maximum Gasteiger partial charge on any atom is 0.393 e. The van der Waals surface area contributed by atoms with Gasteiger partial charge in [0.2, 0.25) is 0 Å². The maximum absolute atomic E-state index is 12.8. The summed E-state index contributed by atoms with van der Waals surface area (Å²) in [6.45, 7) is 1.10. The summed E-state index contributed by atoms with van der Waals surface area (Å²) in [5.74, 6) is -0.335. The number of carbonyl (C=O) groups is 1. The van der Waals surface area contributed by atoms with E-state index >= 15 is 0 Å². The molecule has 0 aromatic heterocycles. The Balaban J connectivity index is 1.65. The number of anilines is 1. The van der Waals surface area contributed by atoms with Crippen LogP contribution in [-0.4, -0.2) is 43.4 Å². The lowest BCUT2D eigenvalue weighted by atomic mass is 9.98. The molecule has 0 saturated carbocycles. The van der Waals surface area contributed by atoms with Crippen molar-refractivity contribution < 1.29 is 27.4 Å². The van der Waals surface area contributed by atoms with Gasteiger partial charge >= 0.3 is 12.2 Å². The van der Waals surface area contributed by atoms with Gasteiger partial charge in [-0.25, -0.2) is 4.79 Å². The molecule has 2 aliphatic heterocycles. The average Bonchev–Trinajstić information content (AvgIpc) is 2.79. The molecule has 5 nitrogen and oxygen atoms in total. The average molecular weight is 344 g/mol. The van der Waals surface area contributed by atoms with Crippen LogP contribution in [0.2, 0.25) is 0 Å². The van der Waals surface area contributed by atoms with Crippen LogP contribution in [0.3, 0.4) is 0 Å². The summed E-state index contributed by atoms with van der Waals surface area (Å²) in [4.78, 5) is 13.5. The Morgan fingerprint density at radius 3 is 2.67 bits per heavy atom. The predicted octanol–water partition coefficient (Wildman–Crippen LogP) is 3.65. The third kappa shape index (κ3) is 3.85. The third-order valence-electron chi connectivity index (χ3n) is 4.17. The molecule has 24 heavy (non-hydrogen) atoms. The Bertz CT molecular complexity index is 607. The minimum Gasteiger partial charge on any atom is -0.490 e. The molecule has 3 rings (SSSR count). The molecular weight excluding hydrogens is 325 g/mol. The summed E-state index contributed by atoms with van der Waals surface area (Å²) in [6, 6.07) is 4.43. The van der Waals surface area contributed by atoms with Gasteiger partial charge in [0.05, 0.1) is 19.1 Å². The van der Waals surface area contributed by atoms with Gasteiger partial charge in [-0.15, -0.1) is 0 Å². The lowest BCUT2D eigenvalue weighted by molar-refractivity contribution is -0.183. The summed E-state index contributed by atoms with van der Waals surface area (Å²) in [7, 11) is 0. The number of amides is 2. The van der Waals surface area contributed by atoms with E-state index < -0.39 is 18.1 Å². The monoisotopic (exact) mass is 344 g/mol. The number of fused-ring (bicyclic) bond motifs is 1. The summed E-state index contributed by atoms with van der Waals surface area (Å²) in [5.41, 5.74) is 0.471. The van der Waals surface area contributed by atoms with Crippen LogP contribution in [-0.2, 0) is 0 Å². The van der Waals surface area contributed by atoms with Gasteiger partial charge in [0.25, 0.3) is 0 Å². The van der Waals surface area contributed by atoms with Crippen molar-refractivity contribution in [1.29, 1.82) is 0 Å². The number of piperidine rings is 1. The van der Waals surface area contributed by atoms with E-state index in [9.17, 15) is 18.0 Å². The number of halogens is 3. The second kappa shape index (κ2) is 6.78. The molecule has 1 N–H and O–H groups in total. The molecule has 1 saturated heterocycles. The Morgan fingerprint density at radius 2 is 1.92 bits per heavy atom. The second-order valence-corrected chi connectivity index (χ2v) is 5.97. The van der Waals surface area contributed by atoms with E-state index in [1.165, 1.54) is 4.90 Å². The molecule has 1 atom stereocenters. The predicted molar refractivity (Wildman–Crippen MR) is 81.4 cm³/mol. The molecular formula is C16H19F3N2O3. The van der Waals surface area contributed by atoms with Crippen LogP contribution in [0.5, 0.6) is 11.5 Å². The number of nitrogens with one attached hydrogen (secondary N) is 1. The van der Waals surface area contributed by atoms with Gasteiger partial charge in [0.15, 0.2) is 11.5 Å². The standard InChI is InChI=1S/C16H19F3N2O3/c17-16(18,19)11-3-1-6-21(10-11)15(22)20-12-4-5-13-14(9-12)24-8-2-7-23-13/h4-5,9,11H,1-3,6-8,10H2,(H,20,22)/t11-/m0/s1. The van der Waals surface area contributed by atoms with Crippen molar-refractivity contribution in [2.75, 3.05) is 31.6 Å². The lowest BCUT2D eigenvalue weighted by Crippen LogP contribution is -2.46.